The molecule has 0 unspecified atom stereocenters. The van der Waals surface area contributed by atoms with Crippen LogP contribution < -0.4 is 10.2 Å². The summed E-state index contributed by atoms with van der Waals surface area (Å²) in [6.07, 6.45) is 11.2. The van der Waals surface area contributed by atoms with Gasteiger partial charge in [0.05, 0.1) is 11.2 Å². The largest absolute Gasteiger partial charge is 0.341 e. The number of allylic oxidation sites excluding steroid dienone is 1. The number of hydrogen-bond acceptors (Lipinski definition) is 4. The van der Waals surface area contributed by atoms with E-state index in [0.717, 1.165) is 55.0 Å². The van der Waals surface area contributed by atoms with E-state index in [1.165, 1.54) is 44.2 Å². The molecule has 4 nitrogen and oxygen atoms in total. The molecule has 2 aliphatic rings. The van der Waals surface area contributed by atoms with Gasteiger partial charge < -0.3 is 10.2 Å². The first-order valence-corrected chi connectivity index (χ1v) is 10.3. The van der Waals surface area contributed by atoms with Gasteiger partial charge in [-0.15, -0.1) is 0 Å². The van der Waals surface area contributed by atoms with Crippen LogP contribution in [0, 0.1) is 12.7 Å². The van der Waals surface area contributed by atoms with Crippen LogP contribution >= 0.6 is 0 Å². The molecule has 0 radical (unpaired) electrons. The number of hydrogen-bond donors (Lipinski definition) is 1. The molecule has 144 valence electrons. The molecule has 27 heavy (non-hydrogen) atoms. The summed E-state index contributed by atoms with van der Waals surface area (Å²) >= 11 is 0. The van der Waals surface area contributed by atoms with Crippen LogP contribution in [-0.2, 0) is 0 Å². The summed E-state index contributed by atoms with van der Waals surface area (Å²) in [7, 11) is 0. The van der Waals surface area contributed by atoms with Gasteiger partial charge in [-0.25, -0.2) is 14.4 Å². The number of aryl methyl sites for hydroxylation is 1. The maximum absolute atomic E-state index is 13.5. The summed E-state index contributed by atoms with van der Waals surface area (Å²) in [5.41, 5.74) is 3.30. The van der Waals surface area contributed by atoms with Crippen LogP contribution in [-0.4, -0.2) is 35.6 Å². The minimum absolute atomic E-state index is 0.238. The molecule has 0 atom stereocenters. The van der Waals surface area contributed by atoms with E-state index in [0.29, 0.717) is 6.04 Å². The van der Waals surface area contributed by atoms with Crippen molar-refractivity contribution in [2.75, 3.05) is 24.5 Å². The van der Waals surface area contributed by atoms with Crippen molar-refractivity contribution in [2.45, 2.75) is 57.9 Å². The Kier molecular flexibility index (Phi) is 5.67. The number of nitrogens with zero attached hydrogens (tertiary/aromatic N) is 3. The highest BCUT2D eigenvalue weighted by Crippen LogP contribution is 2.23. The normalized spacial score (nSPS) is 18.7. The van der Waals surface area contributed by atoms with E-state index < -0.39 is 0 Å². The van der Waals surface area contributed by atoms with Crippen molar-refractivity contribution in [2.24, 2.45) is 0 Å². The minimum Gasteiger partial charge on any atom is -0.341 e. The van der Waals surface area contributed by atoms with E-state index in [2.05, 4.69) is 26.3 Å². The molecule has 0 bridgehead atoms. The maximum Gasteiger partial charge on any atom is 0.226 e. The van der Waals surface area contributed by atoms with Gasteiger partial charge in [0, 0.05) is 24.5 Å². The molecule has 4 rings (SSSR count). The topological polar surface area (TPSA) is 41.1 Å². The van der Waals surface area contributed by atoms with Crippen LogP contribution in [0.5, 0.6) is 0 Å². The predicted molar refractivity (Wildman–Crippen MR) is 109 cm³/mol. The summed E-state index contributed by atoms with van der Waals surface area (Å²) in [6, 6.07) is 5.32. The lowest BCUT2D eigenvalue weighted by atomic mass is 9.97. The molecule has 2 aromatic rings. The van der Waals surface area contributed by atoms with E-state index in [9.17, 15) is 4.39 Å². The third kappa shape index (κ3) is 4.46. The van der Waals surface area contributed by atoms with Gasteiger partial charge in [0.1, 0.15) is 5.82 Å². The van der Waals surface area contributed by atoms with Crippen molar-refractivity contribution in [3.8, 4) is 0 Å². The Bertz CT molecular complexity index is 824. The van der Waals surface area contributed by atoms with Crippen LogP contribution in [0.15, 0.2) is 29.8 Å². The first-order chi connectivity index (χ1) is 13.2. The quantitative estimate of drug-likeness (QED) is 0.788. The van der Waals surface area contributed by atoms with Crippen molar-refractivity contribution in [1.82, 2.24) is 15.3 Å². The number of fused-ring (bicyclic) bond motifs is 1. The highest BCUT2D eigenvalue weighted by Gasteiger charge is 2.21. The predicted octanol–water partition coefficient (Wildman–Crippen LogP) is 4.53. The summed E-state index contributed by atoms with van der Waals surface area (Å²) < 4.78 is 13.5. The molecular formula is C22H29FN4. The molecule has 1 aliphatic heterocycles. The first kappa shape index (κ1) is 18.4. The van der Waals surface area contributed by atoms with E-state index in [1.54, 1.807) is 11.6 Å². The van der Waals surface area contributed by atoms with E-state index in [-0.39, 0.29) is 5.82 Å². The van der Waals surface area contributed by atoms with Gasteiger partial charge in [0.2, 0.25) is 5.95 Å². The summed E-state index contributed by atoms with van der Waals surface area (Å²) in [5, 5.41) is 4.54. The van der Waals surface area contributed by atoms with E-state index >= 15 is 0 Å². The SMILES string of the molecule is Cc1nc(N2CCC(NCCC3=CCCCC3)CC2)nc2ccc(F)cc12. The van der Waals surface area contributed by atoms with Gasteiger partial charge in [-0.2, -0.15) is 0 Å². The molecule has 2 heterocycles. The number of nitrogens with one attached hydrogen (secondary N) is 1. The fourth-order valence-electron chi connectivity index (χ4n) is 4.23. The van der Waals surface area contributed by atoms with Gasteiger partial charge in [0.15, 0.2) is 0 Å². The second kappa shape index (κ2) is 8.34. The first-order valence-electron chi connectivity index (χ1n) is 10.3. The molecule has 0 spiro atoms. The number of anilines is 1. The summed E-state index contributed by atoms with van der Waals surface area (Å²) in [5.74, 6) is 0.537. The van der Waals surface area contributed by atoms with Crippen LogP contribution in [0.25, 0.3) is 10.9 Å². The third-order valence-electron chi connectivity index (χ3n) is 5.88. The lowest BCUT2D eigenvalue weighted by Gasteiger charge is -2.33. The van der Waals surface area contributed by atoms with Gasteiger partial charge in [-0.3, -0.25) is 0 Å². The highest BCUT2D eigenvalue weighted by atomic mass is 19.1. The number of aromatic nitrogens is 2. The van der Waals surface area contributed by atoms with Crippen molar-refractivity contribution in [1.29, 1.82) is 0 Å². The van der Waals surface area contributed by atoms with Gasteiger partial charge >= 0.3 is 0 Å². The maximum atomic E-state index is 13.5. The minimum atomic E-state index is -0.238. The lowest BCUT2D eigenvalue weighted by molar-refractivity contribution is 0.413. The molecule has 5 heteroatoms. The standard InChI is InChI=1S/C22H29FN4/c1-16-20-15-18(23)7-8-21(20)26-22(25-16)27-13-10-19(11-14-27)24-12-9-17-5-3-2-4-6-17/h5,7-8,15,19,24H,2-4,6,9-14H2,1H3. The van der Waals surface area contributed by atoms with Gasteiger partial charge in [0.25, 0.3) is 0 Å². The molecule has 1 aliphatic carbocycles. The fourth-order valence-corrected chi connectivity index (χ4v) is 4.23. The number of piperidine rings is 1. The zero-order valence-electron chi connectivity index (χ0n) is 16.2. The number of benzene rings is 1. The van der Waals surface area contributed by atoms with Crippen LogP contribution in [0.4, 0.5) is 10.3 Å². The van der Waals surface area contributed by atoms with Crippen molar-refractivity contribution in [3.05, 3.63) is 41.4 Å². The fraction of sp³-hybridized carbons (Fsp3) is 0.545. The zero-order chi connectivity index (χ0) is 18.6. The van der Waals surface area contributed by atoms with Crippen molar-refractivity contribution < 1.29 is 4.39 Å². The van der Waals surface area contributed by atoms with Crippen LogP contribution in [0.1, 0.15) is 50.6 Å². The van der Waals surface area contributed by atoms with Crippen LogP contribution in [0.2, 0.25) is 0 Å². The third-order valence-corrected chi connectivity index (χ3v) is 5.88. The van der Waals surface area contributed by atoms with Crippen molar-refractivity contribution in [3.63, 3.8) is 0 Å². The smallest absolute Gasteiger partial charge is 0.226 e. The average molecular weight is 368 g/mol. The Morgan fingerprint density at radius 2 is 2.04 bits per heavy atom. The van der Waals surface area contributed by atoms with Crippen LogP contribution in [0.3, 0.4) is 0 Å². The molecule has 1 aromatic heterocycles. The summed E-state index contributed by atoms with van der Waals surface area (Å²) in [6.45, 7) is 4.95. The van der Waals surface area contributed by atoms with Crippen molar-refractivity contribution >= 4 is 16.9 Å². The van der Waals surface area contributed by atoms with E-state index in [1.807, 2.05) is 6.92 Å². The molecule has 1 aromatic carbocycles. The number of rotatable bonds is 5. The summed E-state index contributed by atoms with van der Waals surface area (Å²) in [4.78, 5) is 11.6. The Hall–Kier alpha value is -2.01. The molecule has 0 saturated carbocycles. The number of halogens is 1. The lowest BCUT2D eigenvalue weighted by Crippen LogP contribution is -2.43. The Balaban J connectivity index is 1.32. The molecule has 0 amide bonds. The second-order valence-corrected chi connectivity index (χ2v) is 7.84. The van der Waals surface area contributed by atoms with Gasteiger partial charge in [-0.05, 0) is 76.6 Å². The van der Waals surface area contributed by atoms with Gasteiger partial charge in [-0.1, -0.05) is 11.6 Å². The monoisotopic (exact) mass is 368 g/mol. The van der Waals surface area contributed by atoms with E-state index in [4.69, 9.17) is 0 Å². The molecular weight excluding hydrogens is 339 g/mol. The molecule has 1 N–H and O–H groups in total. The Morgan fingerprint density at radius 3 is 2.81 bits per heavy atom. The second-order valence-electron chi connectivity index (χ2n) is 7.84. The Labute approximate surface area is 160 Å². The molecule has 1 fully saturated rings. The average Bonchev–Trinajstić information content (AvgIpc) is 2.70. The Morgan fingerprint density at radius 1 is 1.19 bits per heavy atom. The molecule has 1 saturated heterocycles. The zero-order valence-corrected chi connectivity index (χ0v) is 16.2. The highest BCUT2D eigenvalue weighted by molar-refractivity contribution is 5.81.